The number of benzene rings is 1. The minimum Gasteiger partial charge on any atom is -0.338 e. The van der Waals surface area contributed by atoms with Gasteiger partial charge in [0, 0.05) is 13.0 Å². The van der Waals surface area contributed by atoms with Crippen LogP contribution >= 0.6 is 0 Å². The fourth-order valence-corrected chi connectivity index (χ4v) is 2.75. The van der Waals surface area contributed by atoms with E-state index in [1.807, 2.05) is 35.8 Å². The summed E-state index contributed by atoms with van der Waals surface area (Å²) in [5, 5.41) is 3.04. The van der Waals surface area contributed by atoms with E-state index in [2.05, 4.69) is 19.2 Å². The molecule has 0 radical (unpaired) electrons. The second kappa shape index (κ2) is 7.36. The van der Waals surface area contributed by atoms with Gasteiger partial charge in [0.15, 0.2) is 5.82 Å². The first kappa shape index (κ1) is 15.7. The number of hydrogen-bond donors (Lipinski definition) is 1. The Morgan fingerprint density at radius 3 is 2.67 bits per heavy atom. The molecule has 0 bridgehead atoms. The van der Waals surface area contributed by atoms with Gasteiger partial charge in [0.25, 0.3) is 5.56 Å². The molecule has 1 atom stereocenters. The van der Waals surface area contributed by atoms with Crippen molar-refractivity contribution in [1.29, 1.82) is 0 Å². The summed E-state index contributed by atoms with van der Waals surface area (Å²) in [6.07, 6.45) is 3.37. The first-order valence-corrected chi connectivity index (χ1v) is 8.05. The highest BCUT2D eigenvalue weighted by Gasteiger charge is 2.20. The van der Waals surface area contributed by atoms with E-state index in [0.29, 0.717) is 11.9 Å². The van der Waals surface area contributed by atoms with Crippen LogP contribution in [0.5, 0.6) is 0 Å². The Bertz CT molecular complexity index is 648. The topological polar surface area (TPSA) is 51.5 Å². The van der Waals surface area contributed by atoms with Crippen molar-refractivity contribution in [3.05, 3.63) is 40.4 Å². The molecule has 0 spiro atoms. The smallest absolute Gasteiger partial charge is 0.261 e. The third-order valence-electron chi connectivity index (χ3n) is 3.99. The summed E-state index contributed by atoms with van der Waals surface area (Å²) in [6, 6.07) is 7.89. The minimum atomic E-state index is 0.0837. The molecule has 0 aliphatic rings. The van der Waals surface area contributed by atoms with Gasteiger partial charge in [0.2, 0.25) is 0 Å². The van der Waals surface area contributed by atoms with Crippen molar-refractivity contribution >= 4 is 10.9 Å². The Labute approximate surface area is 126 Å². The normalized spacial score (nSPS) is 12.7. The number of unbranched alkanes of at least 4 members (excludes halogenated alkanes) is 1. The predicted octanol–water partition coefficient (Wildman–Crippen LogP) is 2.23. The third kappa shape index (κ3) is 3.32. The highest BCUT2D eigenvalue weighted by atomic mass is 16.1. The zero-order chi connectivity index (χ0) is 15.2. The highest BCUT2D eigenvalue weighted by Crippen LogP contribution is 2.13. The zero-order valence-electron chi connectivity index (χ0n) is 13.3. The van der Waals surface area contributed by atoms with Gasteiger partial charge in [-0.2, -0.15) is 0 Å². The van der Waals surface area contributed by atoms with Crippen LogP contribution < -0.4 is 10.9 Å². The van der Waals surface area contributed by atoms with Crippen molar-refractivity contribution in [2.45, 2.75) is 52.6 Å². The molecule has 4 heteroatoms. The van der Waals surface area contributed by atoms with Crippen LogP contribution in [0.1, 0.15) is 51.9 Å². The fourth-order valence-electron chi connectivity index (χ4n) is 2.75. The molecule has 4 nitrogen and oxygen atoms in total. The van der Waals surface area contributed by atoms with Crippen LogP contribution in [0.4, 0.5) is 0 Å². The van der Waals surface area contributed by atoms with Crippen LogP contribution in [0.25, 0.3) is 10.9 Å². The van der Waals surface area contributed by atoms with Crippen LogP contribution in [-0.4, -0.2) is 16.1 Å². The maximum absolute atomic E-state index is 12.6. The number of hydrogen-bond acceptors (Lipinski definition) is 2. The van der Waals surface area contributed by atoms with E-state index in [1.165, 1.54) is 12.8 Å². The summed E-state index contributed by atoms with van der Waals surface area (Å²) >= 11 is 0. The molecule has 1 aromatic heterocycles. The van der Waals surface area contributed by atoms with Gasteiger partial charge in [-0.05, 0) is 25.5 Å². The molecule has 114 valence electrons. The van der Waals surface area contributed by atoms with Gasteiger partial charge in [-0.15, -0.1) is 0 Å². The number of para-hydroxylation sites is 1. The molecule has 0 unspecified atom stereocenters. The fraction of sp³-hybridized carbons (Fsp3) is 0.529. The van der Waals surface area contributed by atoms with Crippen molar-refractivity contribution in [3.63, 3.8) is 0 Å². The maximum Gasteiger partial charge on any atom is 0.261 e. The SMILES string of the molecule is CCCC[NH2+][C@@H](CC)c1nc2ccccc2c(=O)n1CC. The van der Waals surface area contributed by atoms with Crippen LogP contribution in [-0.2, 0) is 6.54 Å². The lowest BCUT2D eigenvalue weighted by molar-refractivity contribution is -0.698. The van der Waals surface area contributed by atoms with Crippen molar-refractivity contribution < 1.29 is 5.32 Å². The van der Waals surface area contributed by atoms with Crippen LogP contribution in [0.2, 0.25) is 0 Å². The Morgan fingerprint density at radius 2 is 2.00 bits per heavy atom. The van der Waals surface area contributed by atoms with E-state index in [-0.39, 0.29) is 11.6 Å². The number of rotatable bonds is 7. The summed E-state index contributed by atoms with van der Waals surface area (Å²) in [4.78, 5) is 17.4. The summed E-state index contributed by atoms with van der Waals surface area (Å²) in [6.45, 7) is 8.13. The molecule has 2 N–H and O–H groups in total. The maximum atomic E-state index is 12.6. The monoisotopic (exact) mass is 288 g/mol. The van der Waals surface area contributed by atoms with Gasteiger partial charge in [-0.25, -0.2) is 4.98 Å². The number of fused-ring (bicyclic) bond motifs is 1. The van der Waals surface area contributed by atoms with Gasteiger partial charge in [0.05, 0.1) is 17.4 Å². The number of aromatic nitrogens is 2. The molecule has 2 aromatic rings. The van der Waals surface area contributed by atoms with E-state index in [9.17, 15) is 4.79 Å². The van der Waals surface area contributed by atoms with Crippen molar-refractivity contribution in [2.24, 2.45) is 0 Å². The second-order valence-corrected chi connectivity index (χ2v) is 5.43. The van der Waals surface area contributed by atoms with Gasteiger partial charge < -0.3 is 5.32 Å². The van der Waals surface area contributed by atoms with E-state index in [0.717, 1.165) is 24.3 Å². The van der Waals surface area contributed by atoms with E-state index >= 15 is 0 Å². The lowest BCUT2D eigenvalue weighted by atomic mass is 10.1. The molecule has 2 rings (SSSR count). The molecule has 0 amide bonds. The van der Waals surface area contributed by atoms with Crippen molar-refractivity contribution in [2.75, 3.05) is 6.54 Å². The first-order chi connectivity index (χ1) is 10.2. The molecule has 0 saturated carbocycles. The average molecular weight is 288 g/mol. The summed E-state index contributed by atoms with van der Waals surface area (Å²) in [7, 11) is 0. The molecule has 21 heavy (non-hydrogen) atoms. The van der Waals surface area contributed by atoms with E-state index in [4.69, 9.17) is 4.98 Å². The number of quaternary nitrogens is 1. The Morgan fingerprint density at radius 1 is 1.24 bits per heavy atom. The van der Waals surface area contributed by atoms with E-state index in [1.54, 1.807) is 0 Å². The largest absolute Gasteiger partial charge is 0.338 e. The molecule has 0 aliphatic heterocycles. The minimum absolute atomic E-state index is 0.0837. The Balaban J connectivity index is 2.48. The van der Waals surface area contributed by atoms with Crippen LogP contribution in [0, 0.1) is 0 Å². The number of nitrogens with two attached hydrogens (primary N) is 1. The van der Waals surface area contributed by atoms with Gasteiger partial charge in [-0.3, -0.25) is 9.36 Å². The summed E-state index contributed by atoms with van der Waals surface area (Å²) in [5.41, 5.74) is 0.894. The standard InChI is InChI=1S/C17H25N3O/c1-4-7-12-18-14(5-2)16-19-15-11-9-8-10-13(15)17(21)20(16)6-3/h8-11,14,18H,4-7,12H2,1-3H3/p+1/t14-/m0/s1. The number of nitrogens with zero attached hydrogens (tertiary/aromatic N) is 2. The van der Waals surface area contributed by atoms with Crippen LogP contribution in [0.15, 0.2) is 29.1 Å². The predicted molar refractivity (Wildman–Crippen MR) is 86.4 cm³/mol. The zero-order valence-corrected chi connectivity index (χ0v) is 13.3. The second-order valence-electron chi connectivity index (χ2n) is 5.43. The average Bonchev–Trinajstić information content (AvgIpc) is 2.52. The molecule has 0 fully saturated rings. The lowest BCUT2D eigenvalue weighted by Gasteiger charge is -2.18. The summed E-state index contributed by atoms with van der Waals surface area (Å²) < 4.78 is 1.83. The third-order valence-corrected chi connectivity index (χ3v) is 3.99. The molecule has 1 heterocycles. The summed E-state index contributed by atoms with van der Waals surface area (Å²) in [5.74, 6) is 0.916. The molecule has 0 saturated heterocycles. The highest BCUT2D eigenvalue weighted by molar-refractivity contribution is 5.77. The lowest BCUT2D eigenvalue weighted by Crippen LogP contribution is -2.85. The van der Waals surface area contributed by atoms with Gasteiger partial charge in [0.1, 0.15) is 6.04 Å². The van der Waals surface area contributed by atoms with Gasteiger partial charge >= 0.3 is 0 Å². The van der Waals surface area contributed by atoms with Crippen molar-refractivity contribution in [1.82, 2.24) is 9.55 Å². The van der Waals surface area contributed by atoms with Crippen LogP contribution in [0.3, 0.4) is 0 Å². The Hall–Kier alpha value is -1.68. The van der Waals surface area contributed by atoms with Gasteiger partial charge in [-0.1, -0.05) is 32.4 Å². The van der Waals surface area contributed by atoms with Crippen molar-refractivity contribution in [3.8, 4) is 0 Å². The molecular formula is C17H26N3O+. The first-order valence-electron chi connectivity index (χ1n) is 8.05. The Kier molecular flexibility index (Phi) is 5.51. The quantitative estimate of drug-likeness (QED) is 0.794. The molecule has 1 aromatic carbocycles. The molecule has 0 aliphatic carbocycles. The molecular weight excluding hydrogens is 262 g/mol. The van der Waals surface area contributed by atoms with E-state index < -0.39 is 0 Å².